The standard InChI is InChI=1S/C22H14BrClO/c23-21-3-1-2-14-4-5-16(12-20(14)21)17-8-11-19(22(25)13-17)15-6-9-18(24)10-7-15/h1-13,25H. The van der Waals surface area contributed by atoms with Crippen molar-refractivity contribution < 1.29 is 5.11 Å². The van der Waals surface area contributed by atoms with E-state index in [0.717, 1.165) is 32.1 Å². The highest BCUT2D eigenvalue weighted by molar-refractivity contribution is 9.10. The number of hydrogen-bond acceptors (Lipinski definition) is 1. The van der Waals surface area contributed by atoms with E-state index in [0.29, 0.717) is 5.02 Å². The van der Waals surface area contributed by atoms with Crippen molar-refractivity contribution in [2.45, 2.75) is 0 Å². The molecule has 0 fully saturated rings. The summed E-state index contributed by atoms with van der Waals surface area (Å²) in [6, 6.07) is 25.7. The van der Waals surface area contributed by atoms with E-state index < -0.39 is 0 Å². The van der Waals surface area contributed by atoms with Crippen molar-refractivity contribution in [3.8, 4) is 28.0 Å². The molecular formula is C22H14BrClO. The molecule has 122 valence electrons. The van der Waals surface area contributed by atoms with Gasteiger partial charge in [0, 0.05) is 15.1 Å². The molecule has 4 aromatic carbocycles. The van der Waals surface area contributed by atoms with Crippen molar-refractivity contribution in [3.63, 3.8) is 0 Å². The normalized spacial score (nSPS) is 11.0. The van der Waals surface area contributed by atoms with Gasteiger partial charge in [-0.05, 0) is 57.8 Å². The van der Waals surface area contributed by atoms with Gasteiger partial charge in [-0.15, -0.1) is 0 Å². The number of halogens is 2. The highest BCUT2D eigenvalue weighted by Crippen LogP contribution is 2.35. The summed E-state index contributed by atoms with van der Waals surface area (Å²) in [6.45, 7) is 0. The van der Waals surface area contributed by atoms with E-state index in [1.807, 2.05) is 54.6 Å². The summed E-state index contributed by atoms with van der Waals surface area (Å²) in [7, 11) is 0. The molecule has 4 aromatic rings. The fraction of sp³-hybridized carbons (Fsp3) is 0. The van der Waals surface area contributed by atoms with Crippen LogP contribution >= 0.6 is 27.5 Å². The van der Waals surface area contributed by atoms with E-state index in [9.17, 15) is 5.11 Å². The summed E-state index contributed by atoms with van der Waals surface area (Å²) >= 11 is 9.54. The zero-order valence-electron chi connectivity index (χ0n) is 13.2. The maximum Gasteiger partial charge on any atom is 0.124 e. The molecule has 0 aliphatic rings. The third kappa shape index (κ3) is 3.15. The van der Waals surface area contributed by atoms with Crippen molar-refractivity contribution in [2.24, 2.45) is 0 Å². The van der Waals surface area contributed by atoms with Gasteiger partial charge in [0.2, 0.25) is 0 Å². The van der Waals surface area contributed by atoms with Crippen LogP contribution in [0.5, 0.6) is 5.75 Å². The molecule has 4 rings (SSSR count). The fourth-order valence-electron chi connectivity index (χ4n) is 3.00. The molecule has 0 aliphatic carbocycles. The first kappa shape index (κ1) is 16.2. The molecule has 0 heterocycles. The summed E-state index contributed by atoms with van der Waals surface area (Å²) in [5.74, 6) is 0.257. The topological polar surface area (TPSA) is 20.2 Å². The second-order valence-electron chi connectivity index (χ2n) is 5.91. The van der Waals surface area contributed by atoms with Gasteiger partial charge in [-0.25, -0.2) is 0 Å². The van der Waals surface area contributed by atoms with Gasteiger partial charge in [-0.1, -0.05) is 76.1 Å². The van der Waals surface area contributed by atoms with E-state index in [1.54, 1.807) is 0 Å². The minimum atomic E-state index is 0.257. The Bertz CT molecular complexity index is 1070. The Morgan fingerprint density at radius 3 is 2.16 bits per heavy atom. The van der Waals surface area contributed by atoms with Crippen molar-refractivity contribution >= 4 is 38.3 Å². The van der Waals surface area contributed by atoms with E-state index in [-0.39, 0.29) is 5.75 Å². The number of fused-ring (bicyclic) bond motifs is 1. The molecule has 1 nitrogen and oxygen atoms in total. The second kappa shape index (κ2) is 6.55. The molecule has 0 atom stereocenters. The number of rotatable bonds is 2. The second-order valence-corrected chi connectivity index (χ2v) is 7.21. The van der Waals surface area contributed by atoms with Crippen molar-refractivity contribution in [2.75, 3.05) is 0 Å². The molecule has 3 heteroatoms. The van der Waals surface area contributed by atoms with E-state index in [4.69, 9.17) is 11.6 Å². The number of benzene rings is 4. The molecule has 0 radical (unpaired) electrons. The molecular weight excluding hydrogens is 396 g/mol. The summed E-state index contributed by atoms with van der Waals surface area (Å²) in [5, 5.41) is 13.5. The SMILES string of the molecule is Oc1cc(-c2ccc3cccc(Br)c3c2)ccc1-c1ccc(Cl)cc1. The molecule has 0 aliphatic heterocycles. The van der Waals surface area contributed by atoms with Crippen LogP contribution in [0.2, 0.25) is 5.02 Å². The Hall–Kier alpha value is -2.29. The van der Waals surface area contributed by atoms with Gasteiger partial charge in [-0.3, -0.25) is 0 Å². The Morgan fingerprint density at radius 1 is 0.720 bits per heavy atom. The van der Waals surface area contributed by atoms with Crippen molar-refractivity contribution in [1.82, 2.24) is 0 Å². The lowest BCUT2D eigenvalue weighted by Crippen LogP contribution is -1.83. The Kier molecular flexibility index (Phi) is 4.24. The predicted octanol–water partition coefficient (Wildman–Crippen LogP) is 7.30. The Balaban J connectivity index is 1.78. The molecule has 0 bridgehead atoms. The first-order valence-electron chi connectivity index (χ1n) is 7.89. The molecule has 0 amide bonds. The van der Waals surface area contributed by atoms with Gasteiger partial charge < -0.3 is 5.11 Å². The molecule has 0 saturated heterocycles. The zero-order valence-corrected chi connectivity index (χ0v) is 15.6. The Morgan fingerprint density at radius 2 is 1.40 bits per heavy atom. The monoisotopic (exact) mass is 408 g/mol. The fourth-order valence-corrected chi connectivity index (χ4v) is 3.62. The number of aromatic hydroxyl groups is 1. The summed E-state index contributed by atoms with van der Waals surface area (Å²) < 4.78 is 1.06. The number of hydrogen-bond donors (Lipinski definition) is 1. The average molecular weight is 410 g/mol. The van der Waals surface area contributed by atoms with Crippen LogP contribution in [0.3, 0.4) is 0 Å². The lowest BCUT2D eigenvalue weighted by molar-refractivity contribution is 0.477. The van der Waals surface area contributed by atoms with Gasteiger partial charge >= 0.3 is 0 Å². The maximum atomic E-state index is 10.5. The van der Waals surface area contributed by atoms with Gasteiger partial charge in [0.15, 0.2) is 0 Å². The van der Waals surface area contributed by atoms with Crippen LogP contribution in [-0.2, 0) is 0 Å². The van der Waals surface area contributed by atoms with Crippen LogP contribution in [0.15, 0.2) is 83.3 Å². The molecule has 0 unspecified atom stereocenters. The molecule has 25 heavy (non-hydrogen) atoms. The van der Waals surface area contributed by atoms with E-state index in [1.165, 1.54) is 5.39 Å². The first-order valence-corrected chi connectivity index (χ1v) is 9.06. The smallest absolute Gasteiger partial charge is 0.124 e. The highest BCUT2D eigenvalue weighted by atomic mass is 79.9. The number of phenolic OH excluding ortho intramolecular Hbond substituents is 1. The summed E-state index contributed by atoms with van der Waals surface area (Å²) in [4.78, 5) is 0. The minimum Gasteiger partial charge on any atom is -0.507 e. The lowest BCUT2D eigenvalue weighted by atomic mass is 9.97. The molecule has 0 aromatic heterocycles. The lowest BCUT2D eigenvalue weighted by Gasteiger charge is -2.10. The highest BCUT2D eigenvalue weighted by Gasteiger charge is 2.08. The molecule has 0 saturated carbocycles. The quantitative estimate of drug-likeness (QED) is 0.368. The van der Waals surface area contributed by atoms with Crippen LogP contribution < -0.4 is 0 Å². The van der Waals surface area contributed by atoms with Gasteiger partial charge in [0.05, 0.1) is 0 Å². The first-order chi connectivity index (χ1) is 12.1. The van der Waals surface area contributed by atoms with Crippen LogP contribution in [0.1, 0.15) is 0 Å². The van der Waals surface area contributed by atoms with Crippen LogP contribution in [-0.4, -0.2) is 5.11 Å². The van der Waals surface area contributed by atoms with Crippen molar-refractivity contribution in [3.05, 3.63) is 88.4 Å². The summed E-state index contributed by atoms with van der Waals surface area (Å²) in [6.07, 6.45) is 0. The average Bonchev–Trinajstić information content (AvgIpc) is 2.63. The van der Waals surface area contributed by atoms with Gasteiger partial charge in [0.1, 0.15) is 5.75 Å². The van der Waals surface area contributed by atoms with Crippen molar-refractivity contribution in [1.29, 1.82) is 0 Å². The zero-order chi connectivity index (χ0) is 17.4. The largest absolute Gasteiger partial charge is 0.507 e. The van der Waals surface area contributed by atoms with E-state index >= 15 is 0 Å². The van der Waals surface area contributed by atoms with Crippen LogP contribution in [0.25, 0.3) is 33.0 Å². The molecule has 1 N–H and O–H groups in total. The predicted molar refractivity (Wildman–Crippen MR) is 109 cm³/mol. The minimum absolute atomic E-state index is 0.257. The van der Waals surface area contributed by atoms with E-state index in [2.05, 4.69) is 40.2 Å². The maximum absolute atomic E-state index is 10.5. The van der Waals surface area contributed by atoms with Gasteiger partial charge in [0.25, 0.3) is 0 Å². The van der Waals surface area contributed by atoms with Gasteiger partial charge in [-0.2, -0.15) is 0 Å². The Labute approximate surface area is 159 Å². The third-order valence-electron chi connectivity index (χ3n) is 4.32. The number of phenols is 1. The molecule has 0 spiro atoms. The van der Waals surface area contributed by atoms with Crippen LogP contribution in [0, 0.1) is 0 Å². The third-order valence-corrected chi connectivity index (χ3v) is 5.26. The van der Waals surface area contributed by atoms with Crippen LogP contribution in [0.4, 0.5) is 0 Å². The summed E-state index contributed by atoms with van der Waals surface area (Å²) in [5.41, 5.74) is 3.78.